The lowest BCUT2D eigenvalue weighted by molar-refractivity contribution is -0.130. The highest BCUT2D eigenvalue weighted by Gasteiger charge is 2.20. The Labute approximate surface area is 191 Å². The van der Waals surface area contributed by atoms with Crippen LogP contribution in [0.5, 0.6) is 0 Å². The predicted octanol–water partition coefficient (Wildman–Crippen LogP) is 4.54. The van der Waals surface area contributed by atoms with E-state index < -0.39 is 0 Å². The molecule has 1 fully saturated rings. The molecule has 4 rings (SSSR count). The van der Waals surface area contributed by atoms with E-state index in [1.54, 1.807) is 11.3 Å². The standard InChI is InChI=1S/C24H23ClN4OS/c25-20-4-1-3-19(13-20)14-23-27-21(17-31-23)15-24(30)29-10-2-9-28(11-12-29)22-7-5-18(16-26)6-8-22/h1,3-8,13,17H,2,9-12,14-15H2. The fourth-order valence-electron chi connectivity index (χ4n) is 3.77. The van der Waals surface area contributed by atoms with Crippen molar-refractivity contribution in [1.29, 1.82) is 5.26 Å². The highest BCUT2D eigenvalue weighted by Crippen LogP contribution is 2.20. The molecule has 0 aliphatic carbocycles. The molecule has 1 amide bonds. The molecular formula is C24H23ClN4OS. The first-order valence-corrected chi connectivity index (χ1v) is 11.6. The zero-order valence-electron chi connectivity index (χ0n) is 17.1. The summed E-state index contributed by atoms with van der Waals surface area (Å²) >= 11 is 7.65. The average Bonchev–Trinajstić information content (AvgIpc) is 3.06. The van der Waals surface area contributed by atoms with Crippen molar-refractivity contribution in [2.75, 3.05) is 31.1 Å². The van der Waals surface area contributed by atoms with Gasteiger partial charge in [-0.2, -0.15) is 5.26 Å². The van der Waals surface area contributed by atoms with Crippen molar-refractivity contribution in [3.8, 4) is 6.07 Å². The summed E-state index contributed by atoms with van der Waals surface area (Å²) < 4.78 is 0. The van der Waals surface area contributed by atoms with Gasteiger partial charge in [-0.05, 0) is 48.4 Å². The summed E-state index contributed by atoms with van der Waals surface area (Å²) in [6.45, 7) is 3.13. The van der Waals surface area contributed by atoms with E-state index in [1.807, 2.05) is 58.8 Å². The second-order valence-corrected chi connectivity index (χ2v) is 8.98. The van der Waals surface area contributed by atoms with Crippen LogP contribution in [0.3, 0.4) is 0 Å². The van der Waals surface area contributed by atoms with Gasteiger partial charge in [0.2, 0.25) is 5.91 Å². The molecule has 0 bridgehead atoms. The molecule has 1 aliphatic rings. The Hall–Kier alpha value is -2.88. The molecule has 0 saturated carbocycles. The van der Waals surface area contributed by atoms with Crippen molar-refractivity contribution in [3.63, 3.8) is 0 Å². The summed E-state index contributed by atoms with van der Waals surface area (Å²) in [6, 6.07) is 17.6. The average molecular weight is 451 g/mol. The van der Waals surface area contributed by atoms with Crippen molar-refractivity contribution in [2.45, 2.75) is 19.3 Å². The number of benzene rings is 2. The fourth-order valence-corrected chi connectivity index (χ4v) is 4.81. The van der Waals surface area contributed by atoms with Crippen molar-refractivity contribution < 1.29 is 4.79 Å². The molecule has 0 radical (unpaired) electrons. The van der Waals surface area contributed by atoms with Crippen LogP contribution in [0, 0.1) is 11.3 Å². The summed E-state index contributed by atoms with van der Waals surface area (Å²) in [6.07, 6.45) is 1.98. The number of amides is 1. The maximum absolute atomic E-state index is 12.9. The summed E-state index contributed by atoms with van der Waals surface area (Å²) in [5.74, 6) is 0.126. The second-order valence-electron chi connectivity index (χ2n) is 7.60. The van der Waals surface area contributed by atoms with Gasteiger partial charge in [-0.25, -0.2) is 4.98 Å². The third-order valence-electron chi connectivity index (χ3n) is 5.39. The van der Waals surface area contributed by atoms with Crippen molar-refractivity contribution in [2.24, 2.45) is 0 Å². The van der Waals surface area contributed by atoms with Crippen LogP contribution < -0.4 is 4.90 Å². The maximum atomic E-state index is 12.9. The zero-order valence-corrected chi connectivity index (χ0v) is 18.7. The highest BCUT2D eigenvalue weighted by molar-refractivity contribution is 7.09. The maximum Gasteiger partial charge on any atom is 0.228 e. The number of carbonyl (C=O) groups is 1. The Morgan fingerprint density at radius 2 is 1.97 bits per heavy atom. The Balaban J connectivity index is 1.32. The number of thiazole rings is 1. The van der Waals surface area contributed by atoms with Gasteiger partial charge in [-0.3, -0.25) is 4.79 Å². The van der Waals surface area contributed by atoms with Crippen LogP contribution in [0.4, 0.5) is 5.69 Å². The van der Waals surface area contributed by atoms with Crippen molar-refractivity contribution in [3.05, 3.63) is 80.8 Å². The number of aromatic nitrogens is 1. The molecular weight excluding hydrogens is 428 g/mol. The van der Waals surface area contributed by atoms with Gasteiger partial charge in [0.25, 0.3) is 0 Å². The molecule has 7 heteroatoms. The number of hydrogen-bond donors (Lipinski definition) is 0. The summed E-state index contributed by atoms with van der Waals surface area (Å²) in [5.41, 5.74) is 3.71. The Kier molecular flexibility index (Phi) is 6.86. The largest absolute Gasteiger partial charge is 0.370 e. The third-order valence-corrected chi connectivity index (χ3v) is 6.52. The fraction of sp³-hybridized carbons (Fsp3) is 0.292. The summed E-state index contributed by atoms with van der Waals surface area (Å²) in [7, 11) is 0. The summed E-state index contributed by atoms with van der Waals surface area (Å²) in [4.78, 5) is 21.8. The van der Waals surface area contributed by atoms with Gasteiger partial charge in [-0.15, -0.1) is 11.3 Å². The number of nitrogens with zero attached hydrogens (tertiary/aromatic N) is 4. The summed E-state index contributed by atoms with van der Waals surface area (Å²) in [5, 5.41) is 12.7. The molecule has 0 atom stereocenters. The van der Waals surface area contributed by atoms with Gasteiger partial charge >= 0.3 is 0 Å². The molecule has 0 N–H and O–H groups in total. The third kappa shape index (κ3) is 5.63. The van der Waals surface area contributed by atoms with Gasteiger partial charge in [0.05, 0.1) is 28.8 Å². The topological polar surface area (TPSA) is 60.2 Å². The van der Waals surface area contributed by atoms with Crippen molar-refractivity contribution in [1.82, 2.24) is 9.88 Å². The Morgan fingerprint density at radius 3 is 2.74 bits per heavy atom. The van der Waals surface area contributed by atoms with Gasteiger partial charge in [0, 0.05) is 48.7 Å². The number of hydrogen-bond acceptors (Lipinski definition) is 5. The SMILES string of the molecule is N#Cc1ccc(N2CCCN(C(=O)Cc3csc(Cc4cccc(Cl)c4)n3)CC2)cc1. The van der Waals surface area contributed by atoms with Gasteiger partial charge in [-0.1, -0.05) is 23.7 Å². The first-order valence-electron chi connectivity index (χ1n) is 10.3. The molecule has 31 heavy (non-hydrogen) atoms. The van der Waals surface area contributed by atoms with E-state index in [0.717, 1.165) is 59.5 Å². The lowest BCUT2D eigenvalue weighted by atomic mass is 10.2. The molecule has 3 aromatic rings. The smallest absolute Gasteiger partial charge is 0.228 e. The van der Waals surface area contributed by atoms with Crippen LogP contribution in [0.1, 0.15) is 28.2 Å². The highest BCUT2D eigenvalue weighted by atomic mass is 35.5. The van der Waals surface area contributed by atoms with Crippen molar-refractivity contribution >= 4 is 34.5 Å². The molecule has 1 aromatic heterocycles. The van der Waals surface area contributed by atoms with Crippen LogP contribution in [-0.2, 0) is 17.6 Å². The quantitative estimate of drug-likeness (QED) is 0.572. The normalized spacial score (nSPS) is 14.2. The number of halogens is 1. The molecule has 0 unspecified atom stereocenters. The number of anilines is 1. The minimum absolute atomic E-state index is 0.126. The lowest BCUT2D eigenvalue weighted by Crippen LogP contribution is -2.36. The van der Waals surface area contributed by atoms with Crippen LogP contribution >= 0.6 is 22.9 Å². The molecule has 2 aromatic carbocycles. The molecule has 158 valence electrons. The number of nitriles is 1. The van der Waals surface area contributed by atoms with Gasteiger partial charge < -0.3 is 9.80 Å². The Morgan fingerprint density at radius 1 is 1.13 bits per heavy atom. The van der Waals surface area contributed by atoms with Crippen LogP contribution in [-0.4, -0.2) is 42.0 Å². The minimum atomic E-state index is 0.126. The van der Waals surface area contributed by atoms with Crippen LogP contribution in [0.2, 0.25) is 5.02 Å². The number of rotatable bonds is 5. The number of carbonyl (C=O) groups excluding carboxylic acids is 1. The predicted molar refractivity (Wildman–Crippen MR) is 125 cm³/mol. The van der Waals surface area contributed by atoms with E-state index >= 15 is 0 Å². The van der Waals surface area contributed by atoms with Crippen LogP contribution in [0.25, 0.3) is 0 Å². The minimum Gasteiger partial charge on any atom is -0.370 e. The van der Waals surface area contributed by atoms with E-state index in [4.69, 9.17) is 16.9 Å². The van der Waals surface area contributed by atoms with E-state index in [2.05, 4.69) is 16.0 Å². The van der Waals surface area contributed by atoms with Gasteiger partial charge in [0.1, 0.15) is 0 Å². The molecule has 0 spiro atoms. The lowest BCUT2D eigenvalue weighted by Gasteiger charge is -2.23. The monoisotopic (exact) mass is 450 g/mol. The van der Waals surface area contributed by atoms with Gasteiger partial charge in [0.15, 0.2) is 0 Å². The van der Waals surface area contributed by atoms with E-state index in [-0.39, 0.29) is 5.91 Å². The first-order chi connectivity index (χ1) is 15.1. The van der Waals surface area contributed by atoms with E-state index in [1.165, 1.54) is 0 Å². The molecule has 1 saturated heterocycles. The zero-order chi connectivity index (χ0) is 21.6. The Bertz CT molecular complexity index is 1090. The molecule has 1 aliphatic heterocycles. The molecule has 5 nitrogen and oxygen atoms in total. The van der Waals surface area contributed by atoms with E-state index in [9.17, 15) is 4.79 Å². The first kappa shape index (κ1) is 21.4. The van der Waals surface area contributed by atoms with Crippen LogP contribution in [0.15, 0.2) is 53.9 Å². The molecule has 2 heterocycles. The second kappa shape index (κ2) is 9.95. The van der Waals surface area contributed by atoms with E-state index in [0.29, 0.717) is 18.5 Å².